The summed E-state index contributed by atoms with van der Waals surface area (Å²) in [4.78, 5) is 4.48. The van der Waals surface area contributed by atoms with Gasteiger partial charge in [-0.1, -0.05) is 18.2 Å². The molecule has 0 amide bonds. The second kappa shape index (κ2) is 8.30. The monoisotopic (exact) mass is 389 g/mol. The second-order valence-electron chi connectivity index (χ2n) is 6.67. The Balaban J connectivity index is 1.62. The molecule has 0 saturated carbocycles. The second-order valence-corrected chi connectivity index (χ2v) is 6.67. The van der Waals surface area contributed by atoms with Gasteiger partial charge in [0.1, 0.15) is 11.6 Å². The third-order valence-electron chi connectivity index (χ3n) is 4.61. The van der Waals surface area contributed by atoms with E-state index in [0.29, 0.717) is 11.6 Å². The summed E-state index contributed by atoms with van der Waals surface area (Å²) < 4.78 is 6.98. The predicted octanol–water partition coefficient (Wildman–Crippen LogP) is 3.00. The zero-order valence-electron chi connectivity index (χ0n) is 15.9. The van der Waals surface area contributed by atoms with Crippen molar-refractivity contribution in [3.05, 3.63) is 67.1 Å². The number of anilines is 2. The predicted molar refractivity (Wildman–Crippen MR) is 111 cm³/mol. The number of rotatable bonds is 7. The van der Waals surface area contributed by atoms with Gasteiger partial charge in [-0.25, -0.2) is 4.98 Å². The molecule has 2 aromatic carbocycles. The zero-order chi connectivity index (χ0) is 20.2. The summed E-state index contributed by atoms with van der Waals surface area (Å²) in [5, 5.41) is 28.2. The standard InChI is InChI=1S/C22H21N4O3/c1-29-21-5-3-2-4-20(21)25-22-9-17-8-15(6-7-16(17)10-23-22)18-11-24-26(12-18)13-19(28)14-27/h2,4-12,19,27-28H,13-14H2,1H3,(H,23,25). The number of nitrogens with zero attached hydrogens (tertiary/aromatic N) is 3. The first-order chi connectivity index (χ1) is 14.2. The molecule has 4 aromatic rings. The number of methoxy groups -OCH3 is 1. The van der Waals surface area contributed by atoms with Crippen molar-refractivity contribution in [3.63, 3.8) is 0 Å². The zero-order valence-corrected chi connectivity index (χ0v) is 15.9. The number of aliphatic hydroxyl groups is 2. The van der Waals surface area contributed by atoms with Crippen molar-refractivity contribution in [3.8, 4) is 16.9 Å². The molecule has 0 aliphatic carbocycles. The fraction of sp³-hybridized carbons (Fsp3) is 0.182. The summed E-state index contributed by atoms with van der Waals surface area (Å²) in [5.41, 5.74) is 2.76. The molecule has 0 spiro atoms. The number of hydrogen-bond donors (Lipinski definition) is 3. The normalized spacial score (nSPS) is 12.1. The molecule has 7 heteroatoms. The van der Waals surface area contributed by atoms with Crippen molar-refractivity contribution in [2.75, 3.05) is 19.0 Å². The molecule has 0 bridgehead atoms. The van der Waals surface area contributed by atoms with Crippen LogP contribution in [0.3, 0.4) is 0 Å². The van der Waals surface area contributed by atoms with Gasteiger partial charge in [0.2, 0.25) is 0 Å². The lowest BCUT2D eigenvalue weighted by molar-refractivity contribution is 0.0783. The Hall–Kier alpha value is -3.42. The minimum Gasteiger partial charge on any atom is -0.495 e. The summed E-state index contributed by atoms with van der Waals surface area (Å²) in [5.74, 6) is 1.40. The fourth-order valence-electron chi connectivity index (χ4n) is 3.10. The maximum absolute atomic E-state index is 9.59. The Bertz CT molecular complexity index is 1130. The molecule has 0 fully saturated rings. The molecule has 1 atom stereocenters. The highest BCUT2D eigenvalue weighted by atomic mass is 16.5. The largest absolute Gasteiger partial charge is 0.495 e. The first kappa shape index (κ1) is 18.9. The van der Waals surface area contributed by atoms with E-state index < -0.39 is 6.10 Å². The molecule has 0 saturated heterocycles. The molecule has 1 unspecified atom stereocenters. The topological polar surface area (TPSA) is 92.4 Å². The van der Waals surface area contributed by atoms with E-state index in [2.05, 4.69) is 27.5 Å². The van der Waals surface area contributed by atoms with Gasteiger partial charge < -0.3 is 20.3 Å². The van der Waals surface area contributed by atoms with Crippen molar-refractivity contribution >= 4 is 22.3 Å². The third kappa shape index (κ3) is 4.21. The molecule has 0 aliphatic rings. The molecule has 3 N–H and O–H groups in total. The van der Waals surface area contributed by atoms with Gasteiger partial charge in [0.15, 0.2) is 0 Å². The maximum atomic E-state index is 9.59. The summed E-state index contributed by atoms with van der Waals surface area (Å²) >= 11 is 0. The Kier molecular flexibility index (Phi) is 5.41. The van der Waals surface area contributed by atoms with E-state index in [-0.39, 0.29) is 13.2 Å². The number of ether oxygens (including phenoxy) is 1. The highest BCUT2D eigenvalue weighted by Gasteiger charge is 2.08. The van der Waals surface area contributed by atoms with Gasteiger partial charge in [-0.15, -0.1) is 0 Å². The lowest BCUT2D eigenvalue weighted by Gasteiger charge is -2.11. The average molecular weight is 389 g/mol. The van der Waals surface area contributed by atoms with Gasteiger partial charge in [0.05, 0.1) is 38.2 Å². The van der Waals surface area contributed by atoms with E-state index in [1.807, 2.05) is 42.7 Å². The van der Waals surface area contributed by atoms with Crippen LogP contribution in [-0.2, 0) is 6.54 Å². The molecule has 1 radical (unpaired) electrons. The van der Waals surface area contributed by atoms with E-state index in [9.17, 15) is 5.11 Å². The minimum absolute atomic E-state index is 0.248. The van der Waals surface area contributed by atoms with Crippen LogP contribution in [0.4, 0.5) is 11.5 Å². The summed E-state index contributed by atoms with van der Waals surface area (Å²) in [6, 6.07) is 16.5. The quantitative estimate of drug-likeness (QED) is 0.450. The first-order valence-corrected chi connectivity index (χ1v) is 9.19. The minimum atomic E-state index is -0.827. The van der Waals surface area contributed by atoms with E-state index in [1.165, 1.54) is 0 Å². The highest BCUT2D eigenvalue weighted by Crippen LogP contribution is 2.29. The SMILES string of the molecule is COc1c[c]ccc1Nc1cc2cc(-c3cnn(CC(O)CO)c3)ccc2cn1. The average Bonchev–Trinajstić information content (AvgIpc) is 3.22. The number of benzene rings is 2. The van der Waals surface area contributed by atoms with Crippen LogP contribution >= 0.6 is 0 Å². The molecule has 2 heterocycles. The Morgan fingerprint density at radius 1 is 1.17 bits per heavy atom. The van der Waals surface area contributed by atoms with Crippen molar-refractivity contribution in [1.29, 1.82) is 0 Å². The number of aromatic nitrogens is 3. The number of nitrogens with one attached hydrogen (secondary N) is 1. The van der Waals surface area contributed by atoms with Gasteiger partial charge in [-0.2, -0.15) is 5.10 Å². The van der Waals surface area contributed by atoms with Gasteiger partial charge in [-0.05, 0) is 41.3 Å². The van der Waals surface area contributed by atoms with Crippen LogP contribution in [0.25, 0.3) is 21.9 Å². The molecule has 29 heavy (non-hydrogen) atoms. The Morgan fingerprint density at radius 2 is 2.07 bits per heavy atom. The van der Waals surface area contributed by atoms with E-state index in [0.717, 1.165) is 27.6 Å². The molecule has 147 valence electrons. The summed E-state index contributed by atoms with van der Waals surface area (Å²) in [6.45, 7) is -0.0451. The molecule has 0 aliphatic heterocycles. The summed E-state index contributed by atoms with van der Waals surface area (Å²) in [6.07, 6.45) is 4.60. The fourth-order valence-corrected chi connectivity index (χ4v) is 3.10. The van der Waals surface area contributed by atoms with E-state index >= 15 is 0 Å². The summed E-state index contributed by atoms with van der Waals surface area (Å²) in [7, 11) is 1.62. The van der Waals surface area contributed by atoms with Crippen molar-refractivity contribution < 1.29 is 14.9 Å². The van der Waals surface area contributed by atoms with Crippen LogP contribution in [0.1, 0.15) is 0 Å². The van der Waals surface area contributed by atoms with Gasteiger partial charge >= 0.3 is 0 Å². The number of fused-ring (bicyclic) bond motifs is 1. The van der Waals surface area contributed by atoms with Crippen LogP contribution < -0.4 is 10.1 Å². The molecule has 2 aromatic heterocycles. The molecular weight excluding hydrogens is 368 g/mol. The van der Waals surface area contributed by atoms with E-state index in [4.69, 9.17) is 9.84 Å². The molecule has 4 rings (SSSR count). The van der Waals surface area contributed by atoms with Gasteiger partial charge in [0, 0.05) is 23.3 Å². The van der Waals surface area contributed by atoms with Crippen LogP contribution in [0.15, 0.2) is 61.1 Å². The first-order valence-electron chi connectivity index (χ1n) is 9.19. The van der Waals surface area contributed by atoms with Gasteiger partial charge in [0.25, 0.3) is 0 Å². The number of hydrogen-bond acceptors (Lipinski definition) is 6. The van der Waals surface area contributed by atoms with Crippen molar-refractivity contribution in [2.45, 2.75) is 12.6 Å². The van der Waals surface area contributed by atoms with E-state index in [1.54, 1.807) is 24.1 Å². The molecular formula is C22H21N4O3. The van der Waals surface area contributed by atoms with Crippen molar-refractivity contribution in [2.24, 2.45) is 0 Å². The maximum Gasteiger partial charge on any atom is 0.142 e. The molecule has 7 nitrogen and oxygen atoms in total. The Labute approximate surface area is 168 Å². The number of aliphatic hydroxyl groups excluding tert-OH is 2. The van der Waals surface area contributed by atoms with Crippen LogP contribution in [-0.4, -0.2) is 44.8 Å². The van der Waals surface area contributed by atoms with Crippen LogP contribution in [0.2, 0.25) is 0 Å². The third-order valence-corrected chi connectivity index (χ3v) is 4.61. The number of pyridine rings is 1. The smallest absolute Gasteiger partial charge is 0.142 e. The Morgan fingerprint density at radius 3 is 2.90 bits per heavy atom. The van der Waals surface area contributed by atoms with Crippen molar-refractivity contribution in [1.82, 2.24) is 14.8 Å². The highest BCUT2D eigenvalue weighted by molar-refractivity contribution is 5.88. The van der Waals surface area contributed by atoms with Crippen LogP contribution in [0, 0.1) is 6.07 Å². The van der Waals surface area contributed by atoms with Gasteiger partial charge in [-0.3, -0.25) is 4.68 Å². The van der Waals surface area contributed by atoms with Crippen LogP contribution in [0.5, 0.6) is 5.75 Å². The lowest BCUT2D eigenvalue weighted by atomic mass is 10.0. The lowest BCUT2D eigenvalue weighted by Crippen LogP contribution is -2.19.